The summed E-state index contributed by atoms with van der Waals surface area (Å²) in [6.45, 7) is 10.5. The highest BCUT2D eigenvalue weighted by molar-refractivity contribution is 7.17. The summed E-state index contributed by atoms with van der Waals surface area (Å²) >= 11 is 1.28. The van der Waals surface area contributed by atoms with E-state index >= 15 is 0 Å². The molecular weight excluding hydrogens is 260 g/mol. The minimum atomic E-state index is -0.871. The summed E-state index contributed by atoms with van der Waals surface area (Å²) in [4.78, 5) is 18.4. The largest absolute Gasteiger partial charge is 0.477 e. The lowest BCUT2D eigenvalue weighted by Crippen LogP contribution is -2.33. The van der Waals surface area contributed by atoms with Crippen LogP contribution in [0.25, 0.3) is 0 Å². The number of aromatic nitrogens is 1. The maximum Gasteiger partial charge on any atom is 0.347 e. The summed E-state index contributed by atoms with van der Waals surface area (Å²) < 4.78 is 0. The van der Waals surface area contributed by atoms with Crippen LogP contribution in [0, 0.1) is 5.92 Å². The Morgan fingerprint density at radius 3 is 2.37 bits per heavy atom. The van der Waals surface area contributed by atoms with Crippen LogP contribution in [0.15, 0.2) is 0 Å². The number of aromatic carboxylic acids is 1. The van der Waals surface area contributed by atoms with Gasteiger partial charge in [0.2, 0.25) is 0 Å². The second-order valence-electron chi connectivity index (χ2n) is 5.42. The molecule has 0 radical (unpaired) electrons. The van der Waals surface area contributed by atoms with Gasteiger partial charge in [0, 0.05) is 13.1 Å². The van der Waals surface area contributed by atoms with E-state index in [1.165, 1.54) is 11.3 Å². The summed E-state index contributed by atoms with van der Waals surface area (Å²) in [5.41, 5.74) is 0.720. The summed E-state index contributed by atoms with van der Waals surface area (Å²) in [6, 6.07) is 0.331. The first kappa shape index (κ1) is 16.0. The van der Waals surface area contributed by atoms with Gasteiger partial charge in [-0.05, 0) is 25.2 Å². The van der Waals surface area contributed by atoms with Gasteiger partial charge < -0.3 is 10.0 Å². The third kappa shape index (κ3) is 3.47. The van der Waals surface area contributed by atoms with E-state index < -0.39 is 5.97 Å². The van der Waals surface area contributed by atoms with Crippen LogP contribution in [0.1, 0.15) is 62.3 Å². The molecule has 0 aliphatic rings. The van der Waals surface area contributed by atoms with Gasteiger partial charge in [0.25, 0.3) is 0 Å². The van der Waals surface area contributed by atoms with Crippen LogP contribution in [0.3, 0.4) is 0 Å². The van der Waals surface area contributed by atoms with Crippen molar-refractivity contribution in [2.24, 2.45) is 5.92 Å². The molecule has 2 atom stereocenters. The first-order chi connectivity index (χ1) is 8.79. The minimum absolute atomic E-state index is 0.179. The second-order valence-corrected chi connectivity index (χ2v) is 6.40. The lowest BCUT2D eigenvalue weighted by Gasteiger charge is -2.27. The van der Waals surface area contributed by atoms with Crippen LogP contribution in [0.5, 0.6) is 0 Å². The highest BCUT2D eigenvalue weighted by Gasteiger charge is 2.24. The zero-order valence-electron chi connectivity index (χ0n) is 12.6. The highest BCUT2D eigenvalue weighted by atomic mass is 32.1. The molecule has 19 heavy (non-hydrogen) atoms. The van der Waals surface area contributed by atoms with Gasteiger partial charge in [0.15, 0.2) is 5.13 Å². The predicted molar refractivity (Wildman–Crippen MR) is 80.5 cm³/mol. The van der Waals surface area contributed by atoms with E-state index in [9.17, 15) is 9.90 Å². The molecule has 1 aromatic heterocycles. The topological polar surface area (TPSA) is 53.4 Å². The summed E-state index contributed by atoms with van der Waals surface area (Å²) in [5.74, 6) is -0.197. The first-order valence-corrected chi connectivity index (χ1v) is 7.58. The van der Waals surface area contributed by atoms with Gasteiger partial charge in [0.1, 0.15) is 4.88 Å². The molecule has 0 saturated heterocycles. The number of anilines is 1. The number of carboxylic acids is 1. The van der Waals surface area contributed by atoms with E-state index in [0.717, 1.165) is 17.2 Å². The molecule has 1 aromatic rings. The standard InChI is InChI=1S/C14H24N2O2S/c1-7-9(4)11-12(13(17)18)19-14(15-11)16(6)10(5)8(2)3/h8-10H,7H2,1-6H3,(H,17,18). The van der Waals surface area contributed by atoms with Crippen molar-refractivity contribution in [3.05, 3.63) is 10.6 Å². The SMILES string of the molecule is CCC(C)c1nc(N(C)C(C)C(C)C)sc1C(=O)O. The Hall–Kier alpha value is -1.10. The van der Waals surface area contributed by atoms with Crippen LogP contribution in [0.4, 0.5) is 5.13 Å². The maximum atomic E-state index is 11.3. The van der Waals surface area contributed by atoms with Gasteiger partial charge in [-0.15, -0.1) is 0 Å². The molecule has 0 bridgehead atoms. The average molecular weight is 284 g/mol. The molecule has 0 amide bonds. The smallest absolute Gasteiger partial charge is 0.347 e. The van der Waals surface area contributed by atoms with Crippen molar-refractivity contribution in [1.82, 2.24) is 4.98 Å². The van der Waals surface area contributed by atoms with Gasteiger partial charge in [-0.2, -0.15) is 0 Å². The number of rotatable bonds is 6. The Morgan fingerprint density at radius 1 is 1.37 bits per heavy atom. The lowest BCUT2D eigenvalue weighted by atomic mass is 10.0. The lowest BCUT2D eigenvalue weighted by molar-refractivity contribution is 0.0700. The molecule has 108 valence electrons. The quantitative estimate of drug-likeness (QED) is 0.862. The van der Waals surface area contributed by atoms with E-state index in [4.69, 9.17) is 0 Å². The van der Waals surface area contributed by atoms with Crippen molar-refractivity contribution in [3.8, 4) is 0 Å². The van der Waals surface area contributed by atoms with E-state index in [1.54, 1.807) is 0 Å². The van der Waals surface area contributed by atoms with Gasteiger partial charge >= 0.3 is 5.97 Å². The van der Waals surface area contributed by atoms with Crippen molar-refractivity contribution in [2.75, 3.05) is 11.9 Å². The van der Waals surface area contributed by atoms with Crippen LogP contribution >= 0.6 is 11.3 Å². The van der Waals surface area contributed by atoms with Crippen molar-refractivity contribution >= 4 is 22.4 Å². The Labute approximate surface area is 119 Å². The molecule has 0 aliphatic carbocycles. The predicted octanol–water partition coefficient (Wildman–Crippen LogP) is 3.84. The van der Waals surface area contributed by atoms with Crippen LogP contribution in [0.2, 0.25) is 0 Å². The third-order valence-corrected chi connectivity index (χ3v) is 4.94. The Bertz CT molecular complexity index is 443. The van der Waals surface area contributed by atoms with Crippen LogP contribution in [-0.2, 0) is 0 Å². The van der Waals surface area contributed by atoms with E-state index in [2.05, 4.69) is 37.6 Å². The molecule has 5 heteroatoms. The fourth-order valence-corrected chi connectivity index (χ4v) is 2.85. The molecule has 0 saturated carbocycles. The van der Waals surface area contributed by atoms with Crippen molar-refractivity contribution in [3.63, 3.8) is 0 Å². The van der Waals surface area contributed by atoms with Gasteiger partial charge in [0.05, 0.1) is 5.69 Å². The number of nitrogens with zero attached hydrogens (tertiary/aromatic N) is 2. The van der Waals surface area contributed by atoms with Crippen LogP contribution < -0.4 is 4.90 Å². The maximum absolute atomic E-state index is 11.3. The molecule has 0 fully saturated rings. The number of hydrogen-bond donors (Lipinski definition) is 1. The molecule has 1 heterocycles. The molecule has 0 spiro atoms. The molecule has 4 nitrogen and oxygen atoms in total. The molecule has 0 aliphatic heterocycles. The summed E-state index contributed by atoms with van der Waals surface area (Å²) in [6.07, 6.45) is 0.896. The van der Waals surface area contributed by atoms with E-state index in [1.807, 2.05) is 14.0 Å². The molecular formula is C14H24N2O2S. The number of thiazole rings is 1. The summed E-state index contributed by atoms with van der Waals surface area (Å²) in [7, 11) is 1.98. The van der Waals surface area contributed by atoms with E-state index in [-0.39, 0.29) is 5.92 Å². The zero-order chi connectivity index (χ0) is 14.7. The van der Waals surface area contributed by atoms with Crippen molar-refractivity contribution in [2.45, 2.75) is 53.0 Å². The average Bonchev–Trinajstić information content (AvgIpc) is 2.80. The number of hydrogen-bond acceptors (Lipinski definition) is 4. The van der Waals surface area contributed by atoms with Gasteiger partial charge in [-0.25, -0.2) is 9.78 Å². The van der Waals surface area contributed by atoms with Crippen molar-refractivity contribution < 1.29 is 9.90 Å². The molecule has 2 unspecified atom stereocenters. The first-order valence-electron chi connectivity index (χ1n) is 6.76. The third-order valence-electron chi connectivity index (χ3n) is 3.79. The Kier molecular flexibility index (Phi) is 5.35. The fraction of sp³-hybridized carbons (Fsp3) is 0.714. The fourth-order valence-electron chi connectivity index (χ4n) is 1.77. The summed E-state index contributed by atoms with van der Waals surface area (Å²) in [5, 5.41) is 10.1. The normalized spacial score (nSPS) is 14.5. The Balaban J connectivity index is 3.14. The zero-order valence-corrected chi connectivity index (χ0v) is 13.4. The van der Waals surface area contributed by atoms with E-state index in [0.29, 0.717) is 16.8 Å². The Morgan fingerprint density at radius 2 is 1.95 bits per heavy atom. The number of carboxylic acid groups (broad SMARTS) is 1. The van der Waals surface area contributed by atoms with Gasteiger partial charge in [-0.3, -0.25) is 0 Å². The van der Waals surface area contributed by atoms with Crippen LogP contribution in [-0.4, -0.2) is 29.1 Å². The second kappa shape index (κ2) is 6.37. The molecule has 1 rings (SSSR count). The molecule has 0 aromatic carbocycles. The monoisotopic (exact) mass is 284 g/mol. The molecule has 1 N–H and O–H groups in total. The number of carbonyl (C=O) groups is 1. The van der Waals surface area contributed by atoms with Crippen molar-refractivity contribution in [1.29, 1.82) is 0 Å². The van der Waals surface area contributed by atoms with Gasteiger partial charge in [-0.1, -0.05) is 39.0 Å². The highest BCUT2D eigenvalue weighted by Crippen LogP contribution is 2.33. The minimum Gasteiger partial charge on any atom is -0.477 e.